The van der Waals surface area contributed by atoms with E-state index < -0.39 is 18.8 Å². The van der Waals surface area contributed by atoms with E-state index in [1.807, 2.05) is 5.32 Å². The number of halogens is 3. The van der Waals surface area contributed by atoms with Gasteiger partial charge in [0.25, 0.3) is 0 Å². The number of carbonyl (C=O) groups excluding carboxylic acids is 1. The molecule has 100 valence electrons. The number of amides is 2. The Hall–Kier alpha value is -0.980. The number of hydrogen-bond donors (Lipinski definition) is 2. The number of hydrogen-bond acceptors (Lipinski definition) is 2. The first kappa shape index (κ1) is 14.1. The van der Waals surface area contributed by atoms with E-state index in [0.29, 0.717) is 19.4 Å². The van der Waals surface area contributed by atoms with Gasteiger partial charge in [-0.15, -0.1) is 0 Å². The Morgan fingerprint density at radius 2 is 2.00 bits per heavy atom. The van der Waals surface area contributed by atoms with E-state index in [0.717, 1.165) is 12.8 Å². The maximum Gasteiger partial charge on any atom is 0.405 e. The standard InChI is InChI=1S/C10H17F3N2O2/c11-10(12,13)7-14-9(17)15(8-3-4-8)5-1-2-6-16/h8,16H,1-7H2,(H,14,17). The molecule has 0 bridgehead atoms. The lowest BCUT2D eigenvalue weighted by atomic mass is 10.3. The van der Waals surface area contributed by atoms with Crippen LogP contribution in [0.15, 0.2) is 0 Å². The highest BCUT2D eigenvalue weighted by molar-refractivity contribution is 5.74. The Labute approximate surface area is 97.8 Å². The fraction of sp³-hybridized carbons (Fsp3) is 0.900. The van der Waals surface area contributed by atoms with Gasteiger partial charge in [0.05, 0.1) is 0 Å². The van der Waals surface area contributed by atoms with Crippen molar-refractivity contribution in [3.63, 3.8) is 0 Å². The SMILES string of the molecule is O=C(NCC(F)(F)F)N(CCCCO)C1CC1. The van der Waals surface area contributed by atoms with E-state index in [4.69, 9.17) is 5.11 Å². The van der Waals surface area contributed by atoms with Gasteiger partial charge in [-0.25, -0.2) is 4.79 Å². The second kappa shape index (κ2) is 6.09. The Balaban J connectivity index is 2.33. The number of aliphatic hydroxyl groups is 1. The lowest BCUT2D eigenvalue weighted by Gasteiger charge is -2.23. The highest BCUT2D eigenvalue weighted by Crippen LogP contribution is 2.27. The van der Waals surface area contributed by atoms with Crippen LogP contribution in [0.4, 0.5) is 18.0 Å². The largest absolute Gasteiger partial charge is 0.405 e. The lowest BCUT2D eigenvalue weighted by molar-refractivity contribution is -0.123. The van der Waals surface area contributed by atoms with Gasteiger partial charge in [-0.1, -0.05) is 0 Å². The normalized spacial score (nSPS) is 15.8. The summed E-state index contributed by atoms with van der Waals surface area (Å²) in [4.78, 5) is 12.9. The molecule has 1 saturated carbocycles. The van der Waals surface area contributed by atoms with E-state index in [-0.39, 0.29) is 12.6 Å². The summed E-state index contributed by atoms with van der Waals surface area (Å²) in [5.41, 5.74) is 0. The van der Waals surface area contributed by atoms with E-state index in [1.54, 1.807) is 0 Å². The zero-order valence-corrected chi connectivity index (χ0v) is 9.46. The van der Waals surface area contributed by atoms with Crippen molar-refractivity contribution in [1.29, 1.82) is 0 Å². The monoisotopic (exact) mass is 254 g/mol. The quantitative estimate of drug-likeness (QED) is 0.706. The summed E-state index contributed by atoms with van der Waals surface area (Å²) < 4.78 is 35.8. The van der Waals surface area contributed by atoms with Crippen LogP contribution in [0, 0.1) is 0 Å². The van der Waals surface area contributed by atoms with Crippen molar-refractivity contribution in [2.45, 2.75) is 37.9 Å². The van der Waals surface area contributed by atoms with Crippen LogP contribution in [-0.4, -0.2) is 48.0 Å². The number of carbonyl (C=O) groups is 1. The maximum absolute atomic E-state index is 11.9. The number of nitrogens with zero attached hydrogens (tertiary/aromatic N) is 1. The van der Waals surface area contributed by atoms with Crippen LogP contribution in [-0.2, 0) is 0 Å². The molecule has 17 heavy (non-hydrogen) atoms. The molecular weight excluding hydrogens is 237 g/mol. The highest BCUT2D eigenvalue weighted by atomic mass is 19.4. The third-order valence-electron chi connectivity index (χ3n) is 2.50. The average molecular weight is 254 g/mol. The molecule has 0 radical (unpaired) electrons. The van der Waals surface area contributed by atoms with E-state index >= 15 is 0 Å². The molecule has 0 aromatic heterocycles. The summed E-state index contributed by atoms with van der Waals surface area (Å²) in [5, 5.41) is 10.5. The summed E-state index contributed by atoms with van der Waals surface area (Å²) in [6.07, 6.45) is -1.53. The summed E-state index contributed by atoms with van der Waals surface area (Å²) in [6.45, 7) is -0.868. The van der Waals surface area contributed by atoms with Gasteiger partial charge in [-0.2, -0.15) is 13.2 Å². The molecule has 2 amide bonds. The fourth-order valence-electron chi connectivity index (χ4n) is 1.51. The Morgan fingerprint density at radius 1 is 1.35 bits per heavy atom. The summed E-state index contributed by atoms with van der Waals surface area (Å²) in [7, 11) is 0. The Kier molecular flexibility index (Phi) is 5.04. The van der Waals surface area contributed by atoms with Crippen LogP contribution in [0.1, 0.15) is 25.7 Å². The van der Waals surface area contributed by atoms with Crippen molar-refractivity contribution in [2.75, 3.05) is 19.7 Å². The minimum atomic E-state index is -4.38. The highest BCUT2D eigenvalue weighted by Gasteiger charge is 2.34. The van der Waals surface area contributed by atoms with Crippen LogP contribution in [0.5, 0.6) is 0 Å². The van der Waals surface area contributed by atoms with Crippen LogP contribution in [0.3, 0.4) is 0 Å². The smallest absolute Gasteiger partial charge is 0.396 e. The molecule has 0 spiro atoms. The third-order valence-corrected chi connectivity index (χ3v) is 2.50. The first-order valence-corrected chi connectivity index (χ1v) is 5.66. The minimum Gasteiger partial charge on any atom is -0.396 e. The molecule has 1 aliphatic carbocycles. The molecule has 0 saturated heterocycles. The van der Waals surface area contributed by atoms with Gasteiger partial charge >= 0.3 is 12.2 Å². The van der Waals surface area contributed by atoms with Gasteiger partial charge in [0.2, 0.25) is 0 Å². The van der Waals surface area contributed by atoms with Crippen LogP contribution in [0.2, 0.25) is 0 Å². The van der Waals surface area contributed by atoms with Crippen molar-refractivity contribution in [2.24, 2.45) is 0 Å². The summed E-state index contributed by atoms with van der Waals surface area (Å²) in [6, 6.07) is -0.593. The number of urea groups is 1. The summed E-state index contributed by atoms with van der Waals surface area (Å²) >= 11 is 0. The first-order chi connectivity index (χ1) is 7.94. The molecule has 4 nitrogen and oxygen atoms in total. The van der Waals surface area contributed by atoms with Gasteiger partial charge in [0.1, 0.15) is 6.54 Å². The number of rotatable bonds is 6. The van der Waals surface area contributed by atoms with Crippen molar-refractivity contribution in [3.05, 3.63) is 0 Å². The van der Waals surface area contributed by atoms with Crippen LogP contribution in [0.25, 0.3) is 0 Å². The molecule has 0 heterocycles. The second-order valence-electron chi connectivity index (χ2n) is 4.13. The second-order valence-corrected chi connectivity index (χ2v) is 4.13. The maximum atomic E-state index is 11.9. The molecular formula is C10H17F3N2O2. The molecule has 0 unspecified atom stereocenters. The Bertz CT molecular complexity index is 254. The van der Waals surface area contributed by atoms with Gasteiger partial charge < -0.3 is 15.3 Å². The van der Waals surface area contributed by atoms with Crippen molar-refractivity contribution in [3.8, 4) is 0 Å². The zero-order chi connectivity index (χ0) is 12.9. The zero-order valence-electron chi connectivity index (χ0n) is 9.46. The molecule has 0 aliphatic heterocycles. The van der Waals surface area contributed by atoms with Gasteiger partial charge in [-0.05, 0) is 25.7 Å². The predicted octanol–water partition coefficient (Wildman–Crippen LogP) is 1.50. The predicted molar refractivity (Wildman–Crippen MR) is 55.5 cm³/mol. The number of aliphatic hydroxyl groups excluding tert-OH is 1. The molecule has 0 atom stereocenters. The van der Waals surface area contributed by atoms with Gasteiger partial charge in [0, 0.05) is 19.2 Å². The van der Waals surface area contributed by atoms with E-state index in [2.05, 4.69) is 0 Å². The van der Waals surface area contributed by atoms with Crippen molar-refractivity contribution >= 4 is 6.03 Å². The number of alkyl halides is 3. The number of unbranched alkanes of at least 4 members (excludes halogenated alkanes) is 1. The van der Waals surface area contributed by atoms with Crippen LogP contribution < -0.4 is 5.32 Å². The van der Waals surface area contributed by atoms with Gasteiger partial charge in [0.15, 0.2) is 0 Å². The van der Waals surface area contributed by atoms with Gasteiger partial charge in [-0.3, -0.25) is 0 Å². The topological polar surface area (TPSA) is 52.6 Å². The van der Waals surface area contributed by atoms with Crippen LogP contribution >= 0.6 is 0 Å². The average Bonchev–Trinajstić information content (AvgIpc) is 3.04. The molecule has 0 aromatic carbocycles. The molecule has 1 aliphatic rings. The van der Waals surface area contributed by atoms with Crippen molar-refractivity contribution in [1.82, 2.24) is 10.2 Å². The first-order valence-electron chi connectivity index (χ1n) is 5.66. The molecule has 0 aromatic rings. The Morgan fingerprint density at radius 3 is 2.47 bits per heavy atom. The lowest BCUT2D eigenvalue weighted by Crippen LogP contribution is -2.45. The molecule has 7 heteroatoms. The molecule has 2 N–H and O–H groups in total. The molecule has 1 rings (SSSR count). The van der Waals surface area contributed by atoms with E-state index in [9.17, 15) is 18.0 Å². The number of nitrogens with one attached hydrogen (secondary N) is 1. The molecule has 1 fully saturated rings. The summed E-state index contributed by atoms with van der Waals surface area (Å²) in [5.74, 6) is 0. The minimum absolute atomic E-state index is 0.0304. The fourth-order valence-corrected chi connectivity index (χ4v) is 1.51. The van der Waals surface area contributed by atoms with E-state index in [1.165, 1.54) is 4.90 Å². The third kappa shape index (κ3) is 5.76. The van der Waals surface area contributed by atoms with Crippen molar-refractivity contribution < 1.29 is 23.1 Å².